The zero-order valence-electron chi connectivity index (χ0n) is 18.8. The fourth-order valence-corrected chi connectivity index (χ4v) is 5.24. The van der Waals surface area contributed by atoms with E-state index in [0.29, 0.717) is 23.5 Å². The predicted molar refractivity (Wildman–Crippen MR) is 138 cm³/mol. The summed E-state index contributed by atoms with van der Waals surface area (Å²) in [5.41, 5.74) is 5.92. The van der Waals surface area contributed by atoms with Crippen LogP contribution in [0.5, 0.6) is 0 Å². The molecule has 8 heteroatoms. The van der Waals surface area contributed by atoms with E-state index in [1.807, 2.05) is 86.4 Å². The summed E-state index contributed by atoms with van der Waals surface area (Å²) in [4.78, 5) is 34.8. The van der Waals surface area contributed by atoms with E-state index < -0.39 is 0 Å². The molecule has 33 heavy (non-hydrogen) atoms. The number of amides is 1. The lowest BCUT2D eigenvalue weighted by molar-refractivity contribution is -0.120. The molecule has 4 rings (SSSR count). The highest BCUT2D eigenvalue weighted by molar-refractivity contribution is 7.99. The number of aryl methyl sites for hydroxylation is 2. The van der Waals surface area contributed by atoms with Crippen molar-refractivity contribution in [2.45, 2.75) is 38.3 Å². The SMILES string of the molecule is Cc1sc2nc(CSC(C)C(=O)NN(Cc3ccccc3)c3ccccc3)[nH]c(=O)c2c1C. The van der Waals surface area contributed by atoms with E-state index in [-0.39, 0.29) is 16.7 Å². The maximum Gasteiger partial charge on any atom is 0.259 e. The minimum absolute atomic E-state index is 0.106. The first-order valence-electron chi connectivity index (χ1n) is 10.7. The van der Waals surface area contributed by atoms with Gasteiger partial charge in [-0.2, -0.15) is 0 Å². The van der Waals surface area contributed by atoms with Crippen LogP contribution in [-0.4, -0.2) is 21.1 Å². The third-order valence-electron chi connectivity index (χ3n) is 5.42. The molecule has 0 fully saturated rings. The first-order chi connectivity index (χ1) is 15.9. The van der Waals surface area contributed by atoms with E-state index in [4.69, 9.17) is 0 Å². The Balaban J connectivity index is 1.44. The van der Waals surface area contributed by atoms with E-state index >= 15 is 0 Å². The molecule has 0 aliphatic rings. The van der Waals surface area contributed by atoms with Gasteiger partial charge >= 0.3 is 0 Å². The van der Waals surface area contributed by atoms with Crippen molar-refractivity contribution in [3.63, 3.8) is 0 Å². The Morgan fingerprint density at radius 1 is 1.12 bits per heavy atom. The van der Waals surface area contributed by atoms with Crippen molar-refractivity contribution in [1.82, 2.24) is 15.4 Å². The van der Waals surface area contributed by atoms with Gasteiger partial charge in [-0.05, 0) is 44.0 Å². The molecule has 0 saturated heterocycles. The molecule has 0 bridgehead atoms. The lowest BCUT2D eigenvalue weighted by Crippen LogP contribution is -2.45. The van der Waals surface area contributed by atoms with Crippen LogP contribution >= 0.6 is 23.1 Å². The summed E-state index contributed by atoms with van der Waals surface area (Å²) in [5, 5.41) is 2.19. The normalized spacial score (nSPS) is 12.0. The molecule has 2 N–H and O–H groups in total. The molecule has 6 nitrogen and oxygen atoms in total. The van der Waals surface area contributed by atoms with E-state index in [2.05, 4.69) is 15.4 Å². The summed E-state index contributed by atoms with van der Waals surface area (Å²) in [6.07, 6.45) is 0. The fourth-order valence-electron chi connectivity index (χ4n) is 3.44. The van der Waals surface area contributed by atoms with Gasteiger partial charge in [0.05, 0.1) is 28.6 Å². The Labute approximate surface area is 201 Å². The van der Waals surface area contributed by atoms with E-state index in [1.54, 1.807) is 0 Å². The van der Waals surface area contributed by atoms with E-state index in [9.17, 15) is 9.59 Å². The van der Waals surface area contributed by atoms with Gasteiger partial charge in [0.15, 0.2) is 0 Å². The van der Waals surface area contributed by atoms with Gasteiger partial charge in [-0.15, -0.1) is 23.1 Å². The number of aromatic amines is 1. The van der Waals surface area contributed by atoms with Crippen molar-refractivity contribution in [3.05, 3.63) is 92.8 Å². The monoisotopic (exact) mass is 478 g/mol. The van der Waals surface area contributed by atoms with Gasteiger partial charge in [0, 0.05) is 4.88 Å². The Kier molecular flexibility index (Phi) is 7.15. The molecule has 2 aromatic carbocycles. The molecule has 170 valence electrons. The second-order valence-corrected chi connectivity index (χ2v) is 10.3. The number of thiophene rings is 1. The van der Waals surface area contributed by atoms with Crippen LogP contribution in [0.25, 0.3) is 10.2 Å². The molecular formula is C25H26N4O2S2. The van der Waals surface area contributed by atoms with Crippen molar-refractivity contribution < 1.29 is 4.79 Å². The number of hydrogen-bond donors (Lipinski definition) is 2. The molecule has 0 radical (unpaired) electrons. The minimum Gasteiger partial charge on any atom is -0.309 e. The van der Waals surface area contributed by atoms with E-state index in [0.717, 1.165) is 26.5 Å². The highest BCUT2D eigenvalue weighted by Crippen LogP contribution is 2.26. The number of carbonyl (C=O) groups excluding carboxylic acids is 1. The topological polar surface area (TPSA) is 78.1 Å². The standard InChI is InChI=1S/C25H26N4O2S2/c1-16-17(2)33-25-22(16)24(31)26-21(27-25)15-32-18(3)23(30)28-29(20-12-8-5-9-13-20)14-19-10-6-4-7-11-19/h4-13,18H,14-15H2,1-3H3,(H,28,30)(H,26,27,31). The molecule has 1 amide bonds. The summed E-state index contributed by atoms with van der Waals surface area (Å²) in [6, 6.07) is 19.8. The highest BCUT2D eigenvalue weighted by atomic mass is 32.2. The summed E-state index contributed by atoms with van der Waals surface area (Å²) < 4.78 is 0. The van der Waals surface area contributed by atoms with Gasteiger partial charge in [0.2, 0.25) is 0 Å². The average Bonchev–Trinajstić information content (AvgIpc) is 3.11. The Hall–Kier alpha value is -3.10. The fraction of sp³-hybridized carbons (Fsp3) is 0.240. The van der Waals surface area contributed by atoms with Crippen LogP contribution in [0.3, 0.4) is 0 Å². The molecule has 1 atom stereocenters. The predicted octanol–water partition coefficient (Wildman–Crippen LogP) is 4.96. The zero-order chi connectivity index (χ0) is 23.4. The number of rotatable bonds is 8. The number of thioether (sulfide) groups is 1. The maximum atomic E-state index is 13.0. The number of benzene rings is 2. The number of nitrogens with zero attached hydrogens (tertiary/aromatic N) is 2. The summed E-state index contributed by atoms with van der Waals surface area (Å²) >= 11 is 2.97. The lowest BCUT2D eigenvalue weighted by atomic mass is 10.2. The van der Waals surface area contributed by atoms with Crippen molar-refractivity contribution >= 4 is 44.9 Å². The molecule has 2 aromatic heterocycles. The van der Waals surface area contributed by atoms with Crippen molar-refractivity contribution in [2.24, 2.45) is 0 Å². The quantitative estimate of drug-likeness (QED) is 0.350. The second kappa shape index (κ2) is 10.2. The number of H-pyrrole nitrogens is 1. The first kappa shape index (κ1) is 23.1. The van der Waals surface area contributed by atoms with Crippen LogP contribution in [0.2, 0.25) is 0 Å². The van der Waals surface area contributed by atoms with Gasteiger partial charge in [-0.3, -0.25) is 20.0 Å². The Morgan fingerprint density at radius 3 is 2.48 bits per heavy atom. The van der Waals surface area contributed by atoms with E-state index in [1.165, 1.54) is 23.1 Å². The number of carbonyl (C=O) groups is 1. The van der Waals surface area contributed by atoms with Crippen LogP contribution in [0.4, 0.5) is 5.69 Å². The van der Waals surface area contributed by atoms with Crippen LogP contribution in [-0.2, 0) is 17.1 Å². The van der Waals surface area contributed by atoms with Gasteiger partial charge in [0.25, 0.3) is 11.5 Å². The number of aromatic nitrogens is 2. The molecule has 1 unspecified atom stereocenters. The average molecular weight is 479 g/mol. The van der Waals surface area contributed by atoms with Crippen LogP contribution in [0, 0.1) is 13.8 Å². The van der Waals surface area contributed by atoms with Gasteiger partial charge < -0.3 is 4.98 Å². The Bertz CT molecular complexity index is 1300. The number of anilines is 1. The maximum absolute atomic E-state index is 13.0. The third-order valence-corrected chi connectivity index (χ3v) is 7.68. The molecular weight excluding hydrogens is 452 g/mol. The van der Waals surface area contributed by atoms with Crippen LogP contribution < -0.4 is 16.0 Å². The largest absolute Gasteiger partial charge is 0.309 e. The molecule has 0 spiro atoms. The second-order valence-electron chi connectivity index (χ2n) is 7.81. The number of nitrogens with one attached hydrogen (secondary N) is 2. The first-order valence-corrected chi connectivity index (χ1v) is 12.6. The molecule has 4 aromatic rings. The highest BCUT2D eigenvalue weighted by Gasteiger charge is 2.19. The smallest absolute Gasteiger partial charge is 0.259 e. The molecule has 0 saturated carbocycles. The van der Waals surface area contributed by atoms with Crippen LogP contribution in [0.15, 0.2) is 65.5 Å². The summed E-state index contributed by atoms with van der Waals surface area (Å²) in [5.74, 6) is 0.924. The molecule has 0 aliphatic carbocycles. The van der Waals surface area contributed by atoms with Gasteiger partial charge in [-0.1, -0.05) is 48.5 Å². The molecule has 2 heterocycles. The van der Waals surface area contributed by atoms with Crippen molar-refractivity contribution in [3.8, 4) is 0 Å². The number of hydrazine groups is 1. The lowest BCUT2D eigenvalue weighted by Gasteiger charge is -2.27. The Morgan fingerprint density at radius 2 is 1.79 bits per heavy atom. The van der Waals surface area contributed by atoms with Crippen LogP contribution in [0.1, 0.15) is 28.8 Å². The van der Waals surface area contributed by atoms with Crippen molar-refractivity contribution in [1.29, 1.82) is 0 Å². The van der Waals surface area contributed by atoms with Gasteiger partial charge in [0.1, 0.15) is 10.7 Å². The number of fused-ring (bicyclic) bond motifs is 1. The summed E-state index contributed by atoms with van der Waals surface area (Å²) in [7, 11) is 0. The number of para-hydroxylation sites is 1. The minimum atomic E-state index is -0.334. The molecule has 0 aliphatic heterocycles. The number of hydrogen-bond acceptors (Lipinski definition) is 6. The van der Waals surface area contributed by atoms with Crippen molar-refractivity contribution in [2.75, 3.05) is 5.01 Å². The zero-order valence-corrected chi connectivity index (χ0v) is 20.4. The summed E-state index contributed by atoms with van der Waals surface area (Å²) in [6.45, 7) is 6.36. The van der Waals surface area contributed by atoms with Gasteiger partial charge in [-0.25, -0.2) is 4.98 Å². The third kappa shape index (κ3) is 5.46.